The number of hydrogen-bond donors (Lipinski definition) is 1. The molecule has 1 heterocycles. The van der Waals surface area contributed by atoms with Crippen LogP contribution < -0.4 is 5.73 Å². The van der Waals surface area contributed by atoms with Crippen LogP contribution in [0.5, 0.6) is 0 Å². The van der Waals surface area contributed by atoms with E-state index in [1.165, 1.54) is 0 Å². The lowest BCUT2D eigenvalue weighted by atomic mass is 10.2. The molecule has 0 aliphatic rings. The molecule has 0 saturated carbocycles. The zero-order chi connectivity index (χ0) is 10.6. The molecule has 0 atom stereocenters. The number of hydrogen-bond acceptors (Lipinski definition) is 4. The SMILES string of the molecule is Cc1noc(CCN=C(N)C(C)C)n1. The number of aromatic nitrogens is 2. The Labute approximate surface area is 83.4 Å². The summed E-state index contributed by atoms with van der Waals surface area (Å²) in [5.74, 6) is 2.23. The van der Waals surface area contributed by atoms with E-state index in [0.29, 0.717) is 36.4 Å². The second-order valence-corrected chi connectivity index (χ2v) is 3.45. The molecule has 0 saturated heterocycles. The van der Waals surface area contributed by atoms with Gasteiger partial charge in [0.1, 0.15) is 0 Å². The molecule has 5 heteroatoms. The van der Waals surface area contributed by atoms with Gasteiger partial charge in [-0.1, -0.05) is 19.0 Å². The fourth-order valence-electron chi connectivity index (χ4n) is 0.905. The Morgan fingerprint density at radius 1 is 1.57 bits per heavy atom. The highest BCUT2D eigenvalue weighted by Crippen LogP contribution is 1.98. The summed E-state index contributed by atoms with van der Waals surface area (Å²) in [4.78, 5) is 8.26. The third-order valence-electron chi connectivity index (χ3n) is 1.78. The maximum absolute atomic E-state index is 5.67. The van der Waals surface area contributed by atoms with E-state index in [4.69, 9.17) is 10.3 Å². The lowest BCUT2D eigenvalue weighted by molar-refractivity contribution is 0.376. The van der Waals surface area contributed by atoms with Gasteiger partial charge in [-0.2, -0.15) is 4.98 Å². The fourth-order valence-corrected chi connectivity index (χ4v) is 0.905. The van der Waals surface area contributed by atoms with Crippen LogP contribution in [0.4, 0.5) is 0 Å². The van der Waals surface area contributed by atoms with Gasteiger partial charge in [0.15, 0.2) is 5.82 Å². The van der Waals surface area contributed by atoms with Crippen molar-refractivity contribution < 1.29 is 4.52 Å². The second-order valence-electron chi connectivity index (χ2n) is 3.45. The molecule has 2 N–H and O–H groups in total. The maximum Gasteiger partial charge on any atom is 0.228 e. The molecular formula is C9H16N4O. The van der Waals surface area contributed by atoms with Gasteiger partial charge in [-0.05, 0) is 6.92 Å². The first-order chi connectivity index (χ1) is 6.59. The number of aliphatic imine (C=N–C) groups is 1. The highest BCUT2D eigenvalue weighted by Gasteiger charge is 2.02. The molecular weight excluding hydrogens is 180 g/mol. The molecule has 1 aromatic rings. The van der Waals surface area contributed by atoms with Crippen molar-refractivity contribution in [2.24, 2.45) is 16.6 Å². The Balaban J connectivity index is 2.38. The third kappa shape index (κ3) is 3.16. The molecule has 78 valence electrons. The van der Waals surface area contributed by atoms with Crippen molar-refractivity contribution in [3.05, 3.63) is 11.7 Å². The first-order valence-electron chi connectivity index (χ1n) is 4.68. The second kappa shape index (κ2) is 4.74. The van der Waals surface area contributed by atoms with Crippen molar-refractivity contribution in [3.63, 3.8) is 0 Å². The Kier molecular flexibility index (Phi) is 3.62. The zero-order valence-corrected chi connectivity index (χ0v) is 8.82. The number of aryl methyl sites for hydroxylation is 1. The fraction of sp³-hybridized carbons (Fsp3) is 0.667. The van der Waals surface area contributed by atoms with Gasteiger partial charge in [-0.3, -0.25) is 4.99 Å². The van der Waals surface area contributed by atoms with Gasteiger partial charge in [0.2, 0.25) is 5.89 Å². The van der Waals surface area contributed by atoms with Crippen LogP contribution in [0.1, 0.15) is 25.6 Å². The number of nitrogens with two attached hydrogens (primary N) is 1. The van der Waals surface area contributed by atoms with Crippen LogP contribution in [0.25, 0.3) is 0 Å². The van der Waals surface area contributed by atoms with Crippen LogP contribution in [-0.2, 0) is 6.42 Å². The van der Waals surface area contributed by atoms with Crippen molar-refractivity contribution >= 4 is 5.84 Å². The van der Waals surface area contributed by atoms with Crippen LogP contribution in [0.3, 0.4) is 0 Å². The minimum atomic E-state index is 0.291. The molecule has 0 unspecified atom stereocenters. The zero-order valence-electron chi connectivity index (χ0n) is 8.82. The topological polar surface area (TPSA) is 77.3 Å². The molecule has 0 fully saturated rings. The highest BCUT2D eigenvalue weighted by molar-refractivity contribution is 5.82. The highest BCUT2D eigenvalue weighted by atomic mass is 16.5. The summed E-state index contributed by atoms with van der Waals surface area (Å²) >= 11 is 0. The van der Waals surface area contributed by atoms with E-state index in [0.717, 1.165) is 0 Å². The molecule has 0 aromatic carbocycles. The number of nitrogens with zero attached hydrogens (tertiary/aromatic N) is 3. The van der Waals surface area contributed by atoms with E-state index in [9.17, 15) is 0 Å². The predicted octanol–water partition coefficient (Wildman–Crippen LogP) is 0.934. The smallest absolute Gasteiger partial charge is 0.228 e. The third-order valence-corrected chi connectivity index (χ3v) is 1.78. The van der Waals surface area contributed by atoms with Gasteiger partial charge < -0.3 is 10.3 Å². The van der Waals surface area contributed by atoms with Crippen LogP contribution >= 0.6 is 0 Å². The average molecular weight is 196 g/mol. The van der Waals surface area contributed by atoms with Crippen LogP contribution in [0.2, 0.25) is 0 Å². The van der Waals surface area contributed by atoms with E-state index in [2.05, 4.69) is 15.1 Å². The Hall–Kier alpha value is -1.39. The van der Waals surface area contributed by atoms with Crippen molar-refractivity contribution in [3.8, 4) is 0 Å². The minimum Gasteiger partial charge on any atom is -0.387 e. The van der Waals surface area contributed by atoms with Crippen LogP contribution in [-0.4, -0.2) is 22.5 Å². The van der Waals surface area contributed by atoms with Crippen LogP contribution in [0, 0.1) is 12.8 Å². The summed E-state index contributed by atoms with van der Waals surface area (Å²) in [6.07, 6.45) is 0.647. The molecule has 0 amide bonds. The Morgan fingerprint density at radius 3 is 2.79 bits per heavy atom. The van der Waals surface area contributed by atoms with Crippen LogP contribution in [0.15, 0.2) is 9.52 Å². The maximum atomic E-state index is 5.67. The quantitative estimate of drug-likeness (QED) is 0.574. The lowest BCUT2D eigenvalue weighted by Gasteiger charge is -2.02. The molecule has 1 rings (SSSR count). The lowest BCUT2D eigenvalue weighted by Crippen LogP contribution is -2.19. The monoisotopic (exact) mass is 196 g/mol. The molecule has 5 nitrogen and oxygen atoms in total. The molecule has 14 heavy (non-hydrogen) atoms. The van der Waals surface area contributed by atoms with Crippen molar-refractivity contribution in [1.29, 1.82) is 0 Å². The summed E-state index contributed by atoms with van der Waals surface area (Å²) in [5, 5.41) is 3.68. The largest absolute Gasteiger partial charge is 0.387 e. The molecule has 0 bridgehead atoms. The molecule has 1 aromatic heterocycles. The Bertz CT molecular complexity index is 316. The van der Waals surface area contributed by atoms with Gasteiger partial charge in [-0.15, -0.1) is 0 Å². The molecule has 0 radical (unpaired) electrons. The first-order valence-corrected chi connectivity index (χ1v) is 4.68. The summed E-state index contributed by atoms with van der Waals surface area (Å²) < 4.78 is 4.94. The van der Waals surface area contributed by atoms with E-state index in [1.54, 1.807) is 6.92 Å². The van der Waals surface area contributed by atoms with E-state index in [-0.39, 0.29) is 0 Å². The van der Waals surface area contributed by atoms with Crippen molar-refractivity contribution in [2.75, 3.05) is 6.54 Å². The summed E-state index contributed by atoms with van der Waals surface area (Å²) in [6.45, 7) is 6.41. The van der Waals surface area contributed by atoms with Crippen molar-refractivity contribution in [1.82, 2.24) is 10.1 Å². The molecule has 0 aliphatic carbocycles. The number of rotatable bonds is 4. The van der Waals surface area contributed by atoms with Gasteiger partial charge in [0.05, 0.1) is 5.84 Å². The standard InChI is InChI=1S/C9H16N4O/c1-6(2)9(10)11-5-4-8-12-7(3)13-14-8/h6H,4-5H2,1-3H3,(H2,10,11). The predicted molar refractivity (Wildman–Crippen MR) is 54.1 cm³/mol. The van der Waals surface area contributed by atoms with E-state index >= 15 is 0 Å². The van der Waals surface area contributed by atoms with Crippen molar-refractivity contribution in [2.45, 2.75) is 27.2 Å². The van der Waals surface area contributed by atoms with Gasteiger partial charge in [0.25, 0.3) is 0 Å². The minimum absolute atomic E-state index is 0.291. The molecule has 0 spiro atoms. The Morgan fingerprint density at radius 2 is 2.29 bits per heavy atom. The summed E-state index contributed by atoms with van der Waals surface area (Å²) in [6, 6.07) is 0. The number of amidine groups is 1. The molecule has 0 aliphatic heterocycles. The normalized spacial score (nSPS) is 12.4. The first kappa shape index (κ1) is 10.7. The van der Waals surface area contributed by atoms with E-state index < -0.39 is 0 Å². The average Bonchev–Trinajstić information content (AvgIpc) is 2.51. The van der Waals surface area contributed by atoms with Gasteiger partial charge >= 0.3 is 0 Å². The van der Waals surface area contributed by atoms with Gasteiger partial charge in [-0.25, -0.2) is 0 Å². The summed E-state index contributed by atoms with van der Waals surface area (Å²) in [7, 11) is 0. The van der Waals surface area contributed by atoms with E-state index in [1.807, 2.05) is 13.8 Å². The van der Waals surface area contributed by atoms with Gasteiger partial charge in [0, 0.05) is 18.9 Å². The summed E-state index contributed by atoms with van der Waals surface area (Å²) in [5.41, 5.74) is 5.67.